The van der Waals surface area contributed by atoms with Crippen LogP contribution in [-0.4, -0.2) is 16.7 Å². The van der Waals surface area contributed by atoms with E-state index in [9.17, 15) is 5.11 Å². The lowest BCUT2D eigenvalue weighted by Crippen LogP contribution is -2.28. The Bertz CT molecular complexity index is 827. The predicted molar refractivity (Wildman–Crippen MR) is 99.4 cm³/mol. The van der Waals surface area contributed by atoms with Gasteiger partial charge in [-0.15, -0.1) is 11.3 Å². The number of hydrogen-bond acceptors (Lipinski definition) is 3. The van der Waals surface area contributed by atoms with Gasteiger partial charge in [-0.3, -0.25) is 4.98 Å². The van der Waals surface area contributed by atoms with E-state index in [1.165, 1.54) is 27.1 Å². The van der Waals surface area contributed by atoms with Crippen LogP contribution < -0.4 is 0 Å². The van der Waals surface area contributed by atoms with E-state index in [0.29, 0.717) is 0 Å². The van der Waals surface area contributed by atoms with Gasteiger partial charge in [0.05, 0.1) is 0 Å². The summed E-state index contributed by atoms with van der Waals surface area (Å²) in [5, 5.41) is 11.5. The summed E-state index contributed by atoms with van der Waals surface area (Å²) in [6, 6.07) is 15.4. The first-order valence-corrected chi connectivity index (χ1v) is 9.41. The van der Waals surface area contributed by atoms with Crippen molar-refractivity contribution in [2.75, 3.05) is 6.61 Å². The Kier molecular flexibility index (Phi) is 4.21. The molecule has 0 saturated carbocycles. The average molecular weight is 335 g/mol. The van der Waals surface area contributed by atoms with Gasteiger partial charge in [0.25, 0.3) is 0 Å². The number of pyridine rings is 1. The third-order valence-corrected chi connectivity index (χ3v) is 6.08. The van der Waals surface area contributed by atoms with Crippen LogP contribution in [0, 0.1) is 0 Å². The summed E-state index contributed by atoms with van der Waals surface area (Å²) in [7, 11) is 0. The molecule has 2 nitrogen and oxygen atoms in total. The van der Waals surface area contributed by atoms with E-state index in [2.05, 4.69) is 52.8 Å². The Hall–Kier alpha value is -1.97. The number of hydrogen-bond donors (Lipinski definition) is 1. The van der Waals surface area contributed by atoms with Gasteiger partial charge < -0.3 is 5.11 Å². The number of aliphatic hydroxyl groups is 1. The summed E-state index contributed by atoms with van der Waals surface area (Å²) in [6.07, 6.45) is 7.71. The molecule has 0 fully saturated rings. The molecule has 2 aromatic heterocycles. The number of fused-ring (bicyclic) bond motifs is 3. The van der Waals surface area contributed by atoms with E-state index in [1.54, 1.807) is 0 Å². The van der Waals surface area contributed by atoms with Crippen LogP contribution >= 0.6 is 11.3 Å². The molecule has 0 bridgehead atoms. The van der Waals surface area contributed by atoms with Crippen LogP contribution in [-0.2, 0) is 11.8 Å². The molecule has 1 aliphatic rings. The Morgan fingerprint density at radius 2 is 1.79 bits per heavy atom. The molecule has 1 N–H and O–H groups in total. The number of thiophene rings is 1. The zero-order valence-electron chi connectivity index (χ0n) is 13.6. The van der Waals surface area contributed by atoms with E-state index in [1.807, 2.05) is 23.7 Å². The normalized spacial score (nSPS) is 18.4. The van der Waals surface area contributed by atoms with Crippen LogP contribution in [0.5, 0.6) is 0 Å². The lowest BCUT2D eigenvalue weighted by Gasteiger charge is -2.32. The van der Waals surface area contributed by atoms with Crippen molar-refractivity contribution in [3.8, 4) is 10.4 Å². The minimum absolute atomic E-state index is 0.0163. The number of nitrogens with zero attached hydrogens (tertiary/aromatic N) is 1. The maximum Gasteiger partial charge on any atom is 0.0431 e. The highest BCUT2D eigenvalue weighted by atomic mass is 32.1. The van der Waals surface area contributed by atoms with Crippen molar-refractivity contribution in [3.63, 3.8) is 0 Å². The Morgan fingerprint density at radius 1 is 0.958 bits per heavy atom. The highest BCUT2D eigenvalue weighted by molar-refractivity contribution is 7.14. The van der Waals surface area contributed by atoms with Gasteiger partial charge in [-0.2, -0.15) is 0 Å². The van der Waals surface area contributed by atoms with E-state index >= 15 is 0 Å². The van der Waals surface area contributed by atoms with E-state index in [-0.39, 0.29) is 12.0 Å². The van der Waals surface area contributed by atoms with Crippen molar-refractivity contribution in [1.29, 1.82) is 0 Å². The Balaban J connectivity index is 1.84. The molecular weight excluding hydrogens is 314 g/mol. The number of benzene rings is 1. The largest absolute Gasteiger partial charge is 0.396 e. The first-order chi connectivity index (χ1) is 11.8. The highest BCUT2D eigenvalue weighted by Crippen LogP contribution is 2.55. The Morgan fingerprint density at radius 3 is 2.62 bits per heavy atom. The molecule has 3 heteroatoms. The summed E-state index contributed by atoms with van der Waals surface area (Å²) in [5.41, 5.74) is 5.64. The quantitative estimate of drug-likeness (QED) is 0.656. The van der Waals surface area contributed by atoms with Crippen molar-refractivity contribution in [2.45, 2.75) is 31.1 Å². The standard InChI is InChI=1S/C21H21NOS/c23-13-4-3-10-21(15-16-7-11-22-12-8-16)18-6-2-1-5-17(18)20-19(21)9-14-24-20/h1-2,5-9,11-12,14,23H,3-4,10,13,15H2. The minimum atomic E-state index is 0.0163. The SMILES string of the molecule is OCCCCC1(Cc2ccncc2)c2ccccc2-c2sccc21. The fourth-order valence-electron chi connectivity index (χ4n) is 4.07. The van der Waals surface area contributed by atoms with Crippen LogP contribution in [0.3, 0.4) is 0 Å². The van der Waals surface area contributed by atoms with Crippen LogP contribution in [0.1, 0.15) is 36.0 Å². The third kappa shape index (κ3) is 2.48. The fraction of sp³-hybridized carbons (Fsp3) is 0.286. The average Bonchev–Trinajstić information content (AvgIpc) is 3.19. The summed E-state index contributed by atoms with van der Waals surface area (Å²) < 4.78 is 0. The maximum absolute atomic E-state index is 9.26. The molecule has 0 radical (unpaired) electrons. The van der Waals surface area contributed by atoms with Gasteiger partial charge >= 0.3 is 0 Å². The fourth-order valence-corrected chi connectivity index (χ4v) is 5.11. The zero-order chi connectivity index (χ0) is 16.4. The van der Waals surface area contributed by atoms with Gasteiger partial charge in [0.2, 0.25) is 0 Å². The molecule has 1 atom stereocenters. The van der Waals surface area contributed by atoms with E-state index in [0.717, 1.165) is 25.7 Å². The first kappa shape index (κ1) is 15.6. The summed E-state index contributed by atoms with van der Waals surface area (Å²) >= 11 is 1.85. The molecule has 0 spiro atoms. The number of aliphatic hydroxyl groups excluding tert-OH is 1. The van der Waals surface area contributed by atoms with Crippen molar-refractivity contribution >= 4 is 11.3 Å². The molecule has 24 heavy (non-hydrogen) atoms. The van der Waals surface area contributed by atoms with E-state index in [4.69, 9.17) is 0 Å². The maximum atomic E-state index is 9.26. The van der Waals surface area contributed by atoms with Gasteiger partial charge in [-0.1, -0.05) is 24.3 Å². The number of aromatic nitrogens is 1. The van der Waals surface area contributed by atoms with Crippen LogP contribution in [0.25, 0.3) is 10.4 Å². The molecule has 3 aromatic rings. The summed E-state index contributed by atoms with van der Waals surface area (Å²) in [5.74, 6) is 0. The topological polar surface area (TPSA) is 33.1 Å². The molecule has 0 amide bonds. The second-order valence-corrected chi connectivity index (χ2v) is 7.42. The molecule has 122 valence electrons. The molecule has 1 unspecified atom stereocenters. The van der Waals surface area contributed by atoms with Gasteiger partial charge in [0.15, 0.2) is 0 Å². The van der Waals surface area contributed by atoms with Gasteiger partial charge in [0.1, 0.15) is 0 Å². The molecule has 1 aliphatic carbocycles. The van der Waals surface area contributed by atoms with Crippen LogP contribution in [0.4, 0.5) is 0 Å². The predicted octanol–water partition coefficient (Wildman–Crippen LogP) is 4.81. The lowest BCUT2D eigenvalue weighted by atomic mass is 9.71. The van der Waals surface area contributed by atoms with Gasteiger partial charge in [0, 0.05) is 29.3 Å². The van der Waals surface area contributed by atoms with Crippen molar-refractivity contribution in [1.82, 2.24) is 4.98 Å². The third-order valence-electron chi connectivity index (χ3n) is 5.13. The number of rotatable bonds is 6. The molecule has 4 rings (SSSR count). The second-order valence-electron chi connectivity index (χ2n) is 6.50. The molecular formula is C21H21NOS. The van der Waals surface area contributed by atoms with Crippen LogP contribution in [0.2, 0.25) is 0 Å². The second kappa shape index (κ2) is 6.50. The zero-order valence-corrected chi connectivity index (χ0v) is 14.4. The Labute approximate surface area is 146 Å². The minimum Gasteiger partial charge on any atom is -0.396 e. The smallest absolute Gasteiger partial charge is 0.0431 e. The number of unbranched alkanes of at least 4 members (excludes halogenated alkanes) is 1. The summed E-state index contributed by atoms with van der Waals surface area (Å²) in [6.45, 7) is 0.267. The van der Waals surface area contributed by atoms with Crippen LogP contribution in [0.15, 0.2) is 60.2 Å². The molecule has 0 saturated heterocycles. The van der Waals surface area contributed by atoms with Gasteiger partial charge in [-0.05, 0) is 71.5 Å². The summed E-state index contributed by atoms with van der Waals surface area (Å²) in [4.78, 5) is 5.59. The molecule has 2 heterocycles. The lowest BCUT2D eigenvalue weighted by molar-refractivity contribution is 0.277. The monoisotopic (exact) mass is 335 g/mol. The molecule has 1 aromatic carbocycles. The van der Waals surface area contributed by atoms with E-state index < -0.39 is 0 Å². The van der Waals surface area contributed by atoms with Crippen molar-refractivity contribution < 1.29 is 5.11 Å². The first-order valence-electron chi connectivity index (χ1n) is 8.53. The van der Waals surface area contributed by atoms with Crippen molar-refractivity contribution in [2.24, 2.45) is 0 Å². The molecule has 0 aliphatic heterocycles. The van der Waals surface area contributed by atoms with Crippen molar-refractivity contribution in [3.05, 3.63) is 76.9 Å². The van der Waals surface area contributed by atoms with Gasteiger partial charge in [-0.25, -0.2) is 0 Å². The highest BCUT2D eigenvalue weighted by Gasteiger charge is 2.43.